The summed E-state index contributed by atoms with van der Waals surface area (Å²) in [5.41, 5.74) is 3.51. The third kappa shape index (κ3) is 3.80. The smallest absolute Gasteiger partial charge is 0.327 e. The second-order valence-electron chi connectivity index (χ2n) is 7.86. The van der Waals surface area contributed by atoms with E-state index in [1.54, 1.807) is 0 Å². The minimum absolute atomic E-state index is 0.271. The predicted molar refractivity (Wildman–Crippen MR) is 110 cm³/mol. The Morgan fingerprint density at radius 2 is 1.80 bits per heavy atom. The van der Waals surface area contributed by atoms with Gasteiger partial charge in [-0.15, -0.1) is 0 Å². The summed E-state index contributed by atoms with van der Waals surface area (Å²) < 4.78 is 0. The van der Waals surface area contributed by atoms with Crippen LogP contribution in [0.5, 0.6) is 0 Å². The molecule has 3 atom stereocenters. The lowest BCUT2D eigenvalue weighted by Gasteiger charge is -2.28. The van der Waals surface area contributed by atoms with Gasteiger partial charge in [-0.1, -0.05) is 48.5 Å². The highest BCUT2D eigenvalue weighted by atomic mass is 16.4. The number of carboxylic acid groups (broad SMARTS) is 2. The summed E-state index contributed by atoms with van der Waals surface area (Å²) in [6, 6.07) is 12.6. The van der Waals surface area contributed by atoms with E-state index in [1.165, 1.54) is 4.90 Å². The highest BCUT2D eigenvalue weighted by Gasteiger charge is 2.44. The number of aliphatic carboxylic acids is 2. The predicted octanol–water partition coefficient (Wildman–Crippen LogP) is 2.02. The van der Waals surface area contributed by atoms with Crippen molar-refractivity contribution in [1.29, 1.82) is 0 Å². The normalized spacial score (nSPS) is 21.1. The van der Waals surface area contributed by atoms with Crippen molar-refractivity contribution >= 4 is 23.5 Å². The molecule has 0 saturated carbocycles. The number of nitrogens with zero attached hydrogens (tertiary/aromatic N) is 1. The highest BCUT2D eigenvalue weighted by molar-refractivity contribution is 6.05. The monoisotopic (exact) mass is 408 g/mol. The van der Waals surface area contributed by atoms with Crippen molar-refractivity contribution in [2.45, 2.75) is 50.2 Å². The van der Waals surface area contributed by atoms with Gasteiger partial charge in [0.25, 0.3) is 0 Å². The van der Waals surface area contributed by atoms with Gasteiger partial charge in [0.05, 0.1) is 11.7 Å². The first-order valence-corrected chi connectivity index (χ1v) is 10.1. The molecule has 7 nitrogen and oxygen atoms in total. The van der Waals surface area contributed by atoms with E-state index in [9.17, 15) is 24.6 Å². The first-order chi connectivity index (χ1) is 14.5. The lowest BCUT2D eigenvalue weighted by atomic mass is 10.00. The van der Waals surface area contributed by atoms with E-state index >= 15 is 0 Å². The molecule has 2 aromatic rings. The second kappa shape index (κ2) is 8.28. The minimum Gasteiger partial charge on any atom is -0.480 e. The van der Waals surface area contributed by atoms with Crippen LogP contribution in [0.25, 0.3) is 0 Å². The van der Waals surface area contributed by atoms with Gasteiger partial charge in [0, 0.05) is 6.42 Å². The molecule has 0 saturated heterocycles. The van der Waals surface area contributed by atoms with Crippen LogP contribution in [0.1, 0.15) is 29.5 Å². The third-order valence-electron chi connectivity index (χ3n) is 5.96. The molecular weight excluding hydrogens is 384 g/mol. The van der Waals surface area contributed by atoms with Crippen LogP contribution in [0, 0.1) is 0 Å². The molecule has 30 heavy (non-hydrogen) atoms. The van der Waals surface area contributed by atoms with E-state index in [2.05, 4.69) is 5.32 Å². The van der Waals surface area contributed by atoms with Crippen molar-refractivity contribution in [3.63, 3.8) is 0 Å². The Kier molecular flexibility index (Phi) is 5.55. The Morgan fingerprint density at radius 3 is 2.50 bits per heavy atom. The molecule has 0 radical (unpaired) electrons. The number of nitrogens with one attached hydrogen (secondary N) is 1. The molecule has 2 aromatic carbocycles. The SMILES string of the molecule is O=C(O)[C@H](CCc1ccccc1)N[C@H]1CCc2cccc3c2N(C1=O)[C@H](C(=O)O)C3. The molecule has 0 spiro atoms. The number of hydrogen-bond donors (Lipinski definition) is 3. The number of anilines is 1. The molecule has 0 aromatic heterocycles. The maximum absolute atomic E-state index is 13.3. The minimum atomic E-state index is -1.05. The zero-order chi connectivity index (χ0) is 21.3. The fraction of sp³-hybridized carbons (Fsp3) is 0.348. The first kappa shape index (κ1) is 20.1. The van der Waals surface area contributed by atoms with Gasteiger partial charge in [0.1, 0.15) is 12.1 Å². The van der Waals surface area contributed by atoms with Crippen LogP contribution >= 0.6 is 0 Å². The van der Waals surface area contributed by atoms with Crippen molar-refractivity contribution < 1.29 is 24.6 Å². The number of para-hydroxylation sites is 1. The average molecular weight is 408 g/mol. The van der Waals surface area contributed by atoms with Crippen molar-refractivity contribution in [3.8, 4) is 0 Å². The standard InChI is InChI=1S/C23H24N2O5/c26-21-17(24-18(22(27)28)11-9-14-5-2-1-3-6-14)12-10-15-7-4-8-16-13-19(23(29)30)25(21)20(15)16/h1-8,17-19,24H,9-13H2,(H,27,28)(H,29,30)/t17-,18-,19-/m0/s1. The van der Waals surface area contributed by atoms with E-state index in [4.69, 9.17) is 0 Å². The average Bonchev–Trinajstić information content (AvgIpc) is 3.07. The summed E-state index contributed by atoms with van der Waals surface area (Å²) in [7, 11) is 0. The quantitative estimate of drug-likeness (QED) is 0.647. The van der Waals surface area contributed by atoms with E-state index in [0.717, 1.165) is 16.7 Å². The molecule has 2 heterocycles. The number of carbonyl (C=O) groups excluding carboxylic acids is 1. The number of hydrogen-bond acceptors (Lipinski definition) is 4. The molecule has 156 valence electrons. The Morgan fingerprint density at radius 1 is 1.07 bits per heavy atom. The topological polar surface area (TPSA) is 107 Å². The molecule has 0 unspecified atom stereocenters. The number of amides is 1. The van der Waals surface area contributed by atoms with Gasteiger partial charge in [-0.2, -0.15) is 0 Å². The molecule has 2 aliphatic heterocycles. The first-order valence-electron chi connectivity index (χ1n) is 10.1. The fourth-order valence-electron chi connectivity index (χ4n) is 4.46. The van der Waals surface area contributed by atoms with Crippen LogP contribution in [0.4, 0.5) is 5.69 Å². The van der Waals surface area contributed by atoms with Crippen molar-refractivity contribution in [2.75, 3.05) is 4.90 Å². The number of carbonyl (C=O) groups is 3. The van der Waals surface area contributed by atoms with Crippen LogP contribution in [-0.4, -0.2) is 46.2 Å². The van der Waals surface area contributed by atoms with Crippen molar-refractivity contribution in [1.82, 2.24) is 5.32 Å². The second-order valence-corrected chi connectivity index (χ2v) is 7.86. The molecule has 0 aliphatic carbocycles. The lowest BCUT2D eigenvalue weighted by molar-refractivity contribution is -0.141. The van der Waals surface area contributed by atoms with E-state index in [0.29, 0.717) is 31.4 Å². The van der Waals surface area contributed by atoms with Crippen LogP contribution < -0.4 is 10.2 Å². The molecular formula is C23H24N2O5. The van der Waals surface area contributed by atoms with Gasteiger partial charge >= 0.3 is 11.9 Å². The van der Waals surface area contributed by atoms with Crippen molar-refractivity contribution in [2.24, 2.45) is 0 Å². The maximum Gasteiger partial charge on any atom is 0.327 e. The molecule has 1 amide bonds. The summed E-state index contributed by atoms with van der Waals surface area (Å²) in [4.78, 5) is 38.4. The molecule has 7 heteroatoms. The number of rotatable bonds is 7. The molecule has 0 fully saturated rings. The van der Waals surface area contributed by atoms with Gasteiger partial charge in [-0.25, -0.2) is 4.79 Å². The Bertz CT molecular complexity index is 975. The van der Waals surface area contributed by atoms with Crippen LogP contribution in [0.15, 0.2) is 48.5 Å². The van der Waals surface area contributed by atoms with Gasteiger partial charge in [-0.05, 0) is 42.4 Å². The van der Waals surface area contributed by atoms with E-state index in [1.807, 2.05) is 48.5 Å². The van der Waals surface area contributed by atoms with E-state index in [-0.39, 0.29) is 12.3 Å². The van der Waals surface area contributed by atoms with Crippen LogP contribution in [0.3, 0.4) is 0 Å². The highest BCUT2D eigenvalue weighted by Crippen LogP contribution is 2.39. The van der Waals surface area contributed by atoms with Gasteiger partial charge in [0.15, 0.2) is 0 Å². The van der Waals surface area contributed by atoms with Gasteiger partial charge in [0.2, 0.25) is 5.91 Å². The zero-order valence-electron chi connectivity index (χ0n) is 16.5. The molecule has 3 N–H and O–H groups in total. The van der Waals surface area contributed by atoms with Crippen molar-refractivity contribution in [3.05, 3.63) is 65.2 Å². The lowest BCUT2D eigenvalue weighted by Crippen LogP contribution is -2.54. The third-order valence-corrected chi connectivity index (χ3v) is 5.96. The van der Waals surface area contributed by atoms with Crippen LogP contribution in [0.2, 0.25) is 0 Å². The number of carboxylic acids is 2. The molecule has 2 aliphatic rings. The summed E-state index contributed by atoms with van der Waals surface area (Å²) >= 11 is 0. The summed E-state index contributed by atoms with van der Waals surface area (Å²) in [6.45, 7) is 0. The summed E-state index contributed by atoms with van der Waals surface area (Å²) in [6.07, 6.45) is 2.18. The van der Waals surface area contributed by atoms with E-state index < -0.39 is 30.1 Å². The Hall–Kier alpha value is -3.19. The summed E-state index contributed by atoms with van der Waals surface area (Å²) in [5.74, 6) is -2.43. The van der Waals surface area contributed by atoms with Crippen LogP contribution in [-0.2, 0) is 33.6 Å². The zero-order valence-corrected chi connectivity index (χ0v) is 16.5. The van der Waals surface area contributed by atoms with Gasteiger partial charge < -0.3 is 10.2 Å². The largest absolute Gasteiger partial charge is 0.480 e. The molecule has 0 bridgehead atoms. The fourth-order valence-corrected chi connectivity index (χ4v) is 4.46. The summed E-state index contributed by atoms with van der Waals surface area (Å²) in [5, 5.41) is 22.4. The van der Waals surface area contributed by atoms with Gasteiger partial charge in [-0.3, -0.25) is 19.8 Å². The Labute approximate surface area is 174 Å². The Balaban J connectivity index is 1.55. The maximum atomic E-state index is 13.3. The number of benzene rings is 2. The number of aryl methyl sites for hydroxylation is 2. The molecule has 4 rings (SSSR count).